The average molecular weight is 322 g/mol. The lowest BCUT2D eigenvalue weighted by Crippen LogP contribution is -2.13. The average Bonchev–Trinajstić information content (AvgIpc) is 2.53. The molecule has 2 aromatic carbocycles. The lowest BCUT2D eigenvalue weighted by molar-refractivity contribution is -0.393. The van der Waals surface area contributed by atoms with Crippen LogP contribution in [0.4, 0.5) is 17.1 Å². The number of alkyl halides is 1. The standard InChI is InChI=1S/C14H12ClN3O4/c15-9-13(10-4-2-1-3-5-10)16-12-7-6-11(17(19)20)8-14(12)18(21)22/h1-8,13,16H,9H2. The van der Waals surface area contributed by atoms with E-state index in [0.717, 1.165) is 11.6 Å². The number of hydrogen-bond donors (Lipinski definition) is 1. The van der Waals surface area contributed by atoms with Crippen molar-refractivity contribution < 1.29 is 9.85 Å². The van der Waals surface area contributed by atoms with E-state index in [2.05, 4.69) is 5.32 Å². The van der Waals surface area contributed by atoms with Gasteiger partial charge in [0.2, 0.25) is 0 Å². The number of non-ortho nitro benzene ring substituents is 1. The molecule has 0 radical (unpaired) electrons. The zero-order chi connectivity index (χ0) is 16.1. The first kappa shape index (κ1) is 15.7. The molecule has 0 aliphatic carbocycles. The van der Waals surface area contributed by atoms with E-state index < -0.39 is 9.85 Å². The van der Waals surface area contributed by atoms with E-state index in [1.54, 1.807) is 0 Å². The van der Waals surface area contributed by atoms with Crippen LogP contribution in [0.15, 0.2) is 48.5 Å². The highest BCUT2D eigenvalue weighted by molar-refractivity contribution is 6.18. The largest absolute Gasteiger partial charge is 0.371 e. The summed E-state index contributed by atoms with van der Waals surface area (Å²) in [6, 6.07) is 12.3. The molecule has 0 heterocycles. The summed E-state index contributed by atoms with van der Waals surface area (Å²) in [4.78, 5) is 20.5. The second-order valence-corrected chi connectivity index (χ2v) is 4.79. The summed E-state index contributed by atoms with van der Waals surface area (Å²) in [5.41, 5.74) is 0.356. The Hall–Kier alpha value is -2.67. The van der Waals surface area contributed by atoms with Gasteiger partial charge in [-0.2, -0.15) is 0 Å². The van der Waals surface area contributed by atoms with Gasteiger partial charge in [0.1, 0.15) is 5.69 Å². The van der Waals surface area contributed by atoms with Crippen LogP contribution >= 0.6 is 11.6 Å². The van der Waals surface area contributed by atoms with Crippen molar-refractivity contribution in [1.29, 1.82) is 0 Å². The second-order valence-electron chi connectivity index (χ2n) is 4.48. The Bertz CT molecular complexity index is 694. The third-order valence-electron chi connectivity index (χ3n) is 3.07. The number of hydrogen-bond acceptors (Lipinski definition) is 5. The fourth-order valence-corrected chi connectivity index (χ4v) is 2.25. The van der Waals surface area contributed by atoms with Gasteiger partial charge in [0.05, 0.1) is 22.0 Å². The van der Waals surface area contributed by atoms with Crippen molar-refractivity contribution in [2.24, 2.45) is 0 Å². The normalized spacial score (nSPS) is 11.7. The first-order chi connectivity index (χ1) is 10.5. The molecule has 0 bridgehead atoms. The number of nitrogens with one attached hydrogen (secondary N) is 1. The van der Waals surface area contributed by atoms with E-state index in [1.807, 2.05) is 30.3 Å². The quantitative estimate of drug-likeness (QED) is 0.494. The molecule has 2 aromatic rings. The van der Waals surface area contributed by atoms with E-state index in [9.17, 15) is 20.2 Å². The van der Waals surface area contributed by atoms with Crippen LogP contribution in [0.25, 0.3) is 0 Å². The molecule has 0 saturated heterocycles. The summed E-state index contributed by atoms with van der Waals surface area (Å²) >= 11 is 5.93. The molecule has 0 amide bonds. The van der Waals surface area contributed by atoms with Gasteiger partial charge in [-0.1, -0.05) is 30.3 Å². The molecule has 0 fully saturated rings. The van der Waals surface area contributed by atoms with Crippen molar-refractivity contribution in [2.45, 2.75) is 6.04 Å². The van der Waals surface area contributed by atoms with E-state index in [0.29, 0.717) is 0 Å². The maximum Gasteiger partial charge on any atom is 0.299 e. The Morgan fingerprint density at radius 1 is 1.05 bits per heavy atom. The lowest BCUT2D eigenvalue weighted by atomic mass is 10.1. The van der Waals surface area contributed by atoms with E-state index in [4.69, 9.17) is 11.6 Å². The summed E-state index contributed by atoms with van der Waals surface area (Å²) in [5, 5.41) is 24.8. The van der Waals surface area contributed by atoms with E-state index in [-0.39, 0.29) is 29.0 Å². The molecule has 2 rings (SSSR count). The highest BCUT2D eigenvalue weighted by Gasteiger charge is 2.21. The summed E-state index contributed by atoms with van der Waals surface area (Å²) < 4.78 is 0. The molecule has 114 valence electrons. The molecule has 1 unspecified atom stereocenters. The maximum absolute atomic E-state index is 11.1. The molecule has 1 N–H and O–H groups in total. The van der Waals surface area contributed by atoms with E-state index in [1.165, 1.54) is 12.1 Å². The van der Waals surface area contributed by atoms with E-state index >= 15 is 0 Å². The van der Waals surface area contributed by atoms with Crippen LogP contribution in [0.1, 0.15) is 11.6 Å². The molecular weight excluding hydrogens is 310 g/mol. The molecule has 0 spiro atoms. The van der Waals surface area contributed by atoms with Crippen molar-refractivity contribution in [1.82, 2.24) is 0 Å². The first-order valence-corrected chi connectivity index (χ1v) is 6.86. The Balaban J connectivity index is 2.35. The maximum atomic E-state index is 11.1. The Kier molecular flexibility index (Phi) is 4.90. The van der Waals surface area contributed by atoms with Gasteiger partial charge in [0.25, 0.3) is 11.4 Å². The number of nitrogens with zero attached hydrogens (tertiary/aromatic N) is 2. The number of nitro benzene ring substituents is 2. The van der Waals surface area contributed by atoms with Crippen LogP contribution in [0.5, 0.6) is 0 Å². The van der Waals surface area contributed by atoms with Crippen LogP contribution in [-0.4, -0.2) is 15.7 Å². The minimum Gasteiger partial charge on any atom is -0.371 e. The van der Waals surface area contributed by atoms with Gasteiger partial charge in [-0.25, -0.2) is 0 Å². The fraction of sp³-hybridized carbons (Fsp3) is 0.143. The zero-order valence-corrected chi connectivity index (χ0v) is 12.1. The highest BCUT2D eigenvalue weighted by Crippen LogP contribution is 2.32. The summed E-state index contributed by atoms with van der Waals surface area (Å²) in [5.74, 6) is 0.193. The van der Waals surface area contributed by atoms with Gasteiger partial charge in [-0.15, -0.1) is 11.6 Å². The molecule has 0 saturated carbocycles. The number of nitro groups is 2. The molecule has 8 heteroatoms. The van der Waals surface area contributed by atoms with Gasteiger partial charge in [-0.3, -0.25) is 20.2 Å². The molecular formula is C14H12ClN3O4. The van der Waals surface area contributed by atoms with Gasteiger partial charge in [-0.05, 0) is 11.6 Å². The predicted molar refractivity (Wildman–Crippen MR) is 83.3 cm³/mol. The third kappa shape index (κ3) is 3.50. The molecule has 7 nitrogen and oxygen atoms in total. The molecule has 22 heavy (non-hydrogen) atoms. The Morgan fingerprint density at radius 3 is 2.27 bits per heavy atom. The van der Waals surface area contributed by atoms with Gasteiger partial charge < -0.3 is 5.32 Å². The van der Waals surface area contributed by atoms with Crippen molar-refractivity contribution >= 4 is 28.7 Å². The molecule has 1 atom stereocenters. The first-order valence-electron chi connectivity index (χ1n) is 6.33. The SMILES string of the molecule is O=[N+]([O-])c1ccc(NC(CCl)c2ccccc2)c([N+](=O)[O-])c1. The number of rotatable bonds is 6. The smallest absolute Gasteiger partial charge is 0.299 e. The van der Waals surface area contributed by atoms with Crippen molar-refractivity contribution in [3.05, 3.63) is 74.3 Å². The fourth-order valence-electron chi connectivity index (χ4n) is 1.99. The highest BCUT2D eigenvalue weighted by atomic mass is 35.5. The Morgan fingerprint density at radius 2 is 1.73 bits per heavy atom. The van der Waals surface area contributed by atoms with Crippen LogP contribution in [0, 0.1) is 20.2 Å². The Labute approximate surface area is 130 Å². The van der Waals surface area contributed by atoms with Crippen molar-refractivity contribution in [3.8, 4) is 0 Å². The third-order valence-corrected chi connectivity index (χ3v) is 3.38. The van der Waals surface area contributed by atoms with Gasteiger partial charge >= 0.3 is 0 Å². The lowest BCUT2D eigenvalue weighted by Gasteiger charge is -2.17. The van der Waals surface area contributed by atoms with Gasteiger partial charge in [0.15, 0.2) is 0 Å². The molecule has 0 aromatic heterocycles. The minimum atomic E-state index is -0.674. The number of halogens is 1. The number of anilines is 1. The summed E-state index contributed by atoms with van der Waals surface area (Å²) in [6.45, 7) is 0. The summed E-state index contributed by atoms with van der Waals surface area (Å²) in [7, 11) is 0. The zero-order valence-electron chi connectivity index (χ0n) is 11.3. The monoisotopic (exact) mass is 321 g/mol. The van der Waals surface area contributed by atoms with Crippen LogP contribution < -0.4 is 5.32 Å². The predicted octanol–water partition coefficient (Wildman–Crippen LogP) is 3.90. The van der Waals surface area contributed by atoms with Gasteiger partial charge in [0, 0.05) is 11.9 Å². The minimum absolute atomic E-state index is 0.185. The second kappa shape index (κ2) is 6.86. The van der Waals surface area contributed by atoms with Crippen LogP contribution in [0.3, 0.4) is 0 Å². The van der Waals surface area contributed by atoms with Crippen molar-refractivity contribution in [2.75, 3.05) is 11.2 Å². The summed E-state index contributed by atoms with van der Waals surface area (Å²) in [6.07, 6.45) is 0. The molecule has 0 aliphatic heterocycles. The van der Waals surface area contributed by atoms with Crippen molar-refractivity contribution in [3.63, 3.8) is 0 Å². The van der Waals surface area contributed by atoms with Crippen LogP contribution in [0.2, 0.25) is 0 Å². The molecule has 0 aliphatic rings. The number of benzene rings is 2. The van der Waals surface area contributed by atoms with Crippen LogP contribution in [-0.2, 0) is 0 Å². The topological polar surface area (TPSA) is 98.3 Å².